The summed E-state index contributed by atoms with van der Waals surface area (Å²) in [6.45, 7) is 2.31. The second kappa shape index (κ2) is 7.22. The van der Waals surface area contributed by atoms with E-state index < -0.39 is 0 Å². The van der Waals surface area contributed by atoms with Gasteiger partial charge in [0.1, 0.15) is 0 Å². The van der Waals surface area contributed by atoms with Crippen LogP contribution < -0.4 is 0 Å². The standard InChI is InChI=1S/C19H29NO/c1-16-12-14-19(15-13-16,20(2)3)18(21)11-7-10-17-8-5-4-6-9-17/h4-6,8-9,16H,7,10-15H2,1-3H3. The Morgan fingerprint density at radius 3 is 2.38 bits per heavy atom. The Bertz CT molecular complexity index is 444. The van der Waals surface area contributed by atoms with Gasteiger partial charge in [-0.15, -0.1) is 0 Å². The lowest BCUT2D eigenvalue weighted by Gasteiger charge is -2.43. The second-order valence-corrected chi connectivity index (χ2v) is 6.87. The Labute approximate surface area is 129 Å². The molecule has 0 heterocycles. The van der Waals surface area contributed by atoms with Crippen LogP contribution in [-0.2, 0) is 11.2 Å². The van der Waals surface area contributed by atoms with Crippen molar-refractivity contribution >= 4 is 5.78 Å². The van der Waals surface area contributed by atoms with Crippen LogP contribution in [0.3, 0.4) is 0 Å². The van der Waals surface area contributed by atoms with E-state index in [1.165, 1.54) is 18.4 Å². The highest BCUT2D eigenvalue weighted by atomic mass is 16.1. The van der Waals surface area contributed by atoms with Crippen molar-refractivity contribution in [2.24, 2.45) is 5.92 Å². The molecule has 0 atom stereocenters. The summed E-state index contributed by atoms with van der Waals surface area (Å²) in [6, 6.07) is 10.5. The molecule has 2 rings (SSSR count). The molecule has 0 N–H and O–H groups in total. The number of aryl methyl sites for hydroxylation is 1. The number of ketones is 1. The number of hydrogen-bond acceptors (Lipinski definition) is 2. The molecular weight excluding hydrogens is 258 g/mol. The van der Waals surface area contributed by atoms with E-state index in [4.69, 9.17) is 0 Å². The van der Waals surface area contributed by atoms with E-state index in [0.717, 1.165) is 31.6 Å². The van der Waals surface area contributed by atoms with Crippen molar-refractivity contribution in [1.82, 2.24) is 4.90 Å². The van der Waals surface area contributed by atoms with E-state index in [2.05, 4.69) is 50.2 Å². The molecule has 1 aromatic carbocycles. The average molecular weight is 287 g/mol. The molecule has 2 nitrogen and oxygen atoms in total. The number of hydrogen-bond donors (Lipinski definition) is 0. The molecule has 0 amide bonds. The van der Waals surface area contributed by atoms with Crippen molar-refractivity contribution in [3.05, 3.63) is 35.9 Å². The molecule has 0 unspecified atom stereocenters. The van der Waals surface area contributed by atoms with Crippen molar-refractivity contribution in [3.63, 3.8) is 0 Å². The molecule has 116 valence electrons. The number of likely N-dealkylation sites (N-methyl/N-ethyl adjacent to an activating group) is 1. The summed E-state index contributed by atoms with van der Waals surface area (Å²) in [4.78, 5) is 15.0. The number of rotatable bonds is 6. The third kappa shape index (κ3) is 3.94. The first-order valence-electron chi connectivity index (χ1n) is 8.29. The Morgan fingerprint density at radius 2 is 1.81 bits per heavy atom. The van der Waals surface area contributed by atoms with E-state index in [-0.39, 0.29) is 5.54 Å². The van der Waals surface area contributed by atoms with Crippen LogP contribution in [0.15, 0.2) is 30.3 Å². The van der Waals surface area contributed by atoms with E-state index in [1.807, 2.05) is 6.07 Å². The molecule has 1 aliphatic rings. The van der Waals surface area contributed by atoms with Gasteiger partial charge in [-0.25, -0.2) is 0 Å². The number of nitrogens with zero attached hydrogens (tertiary/aromatic N) is 1. The minimum atomic E-state index is -0.191. The summed E-state index contributed by atoms with van der Waals surface area (Å²) in [5, 5.41) is 0. The summed E-state index contributed by atoms with van der Waals surface area (Å²) >= 11 is 0. The molecule has 0 saturated heterocycles. The van der Waals surface area contributed by atoms with Crippen LogP contribution in [0, 0.1) is 5.92 Å². The minimum absolute atomic E-state index is 0.191. The fourth-order valence-electron chi connectivity index (χ4n) is 3.55. The maximum Gasteiger partial charge on any atom is 0.153 e. The molecule has 0 radical (unpaired) electrons. The summed E-state index contributed by atoms with van der Waals surface area (Å²) in [6.07, 6.45) is 7.11. The molecule has 1 saturated carbocycles. The normalized spacial score (nSPS) is 26.0. The van der Waals surface area contributed by atoms with E-state index in [9.17, 15) is 4.79 Å². The zero-order chi connectivity index (χ0) is 15.3. The number of Topliss-reactive ketones (excluding diaryl/α,β-unsaturated/α-hetero) is 1. The Balaban J connectivity index is 1.90. The molecule has 1 aromatic rings. The van der Waals surface area contributed by atoms with Gasteiger partial charge in [-0.3, -0.25) is 9.69 Å². The maximum absolute atomic E-state index is 12.8. The lowest BCUT2D eigenvalue weighted by Crippen LogP contribution is -2.53. The van der Waals surface area contributed by atoms with Gasteiger partial charge in [0.05, 0.1) is 5.54 Å². The third-order valence-corrected chi connectivity index (χ3v) is 5.19. The first-order chi connectivity index (χ1) is 10.0. The van der Waals surface area contributed by atoms with Crippen molar-refractivity contribution < 1.29 is 4.79 Å². The van der Waals surface area contributed by atoms with Crippen molar-refractivity contribution in [2.45, 2.75) is 57.4 Å². The molecule has 0 aromatic heterocycles. The van der Waals surface area contributed by atoms with E-state index >= 15 is 0 Å². The van der Waals surface area contributed by atoms with Crippen LogP contribution in [0.1, 0.15) is 51.0 Å². The van der Waals surface area contributed by atoms with Gasteiger partial charge in [0.15, 0.2) is 5.78 Å². The van der Waals surface area contributed by atoms with Gasteiger partial charge in [0, 0.05) is 6.42 Å². The minimum Gasteiger partial charge on any atom is -0.298 e. The van der Waals surface area contributed by atoms with Gasteiger partial charge in [-0.05, 0) is 64.1 Å². The molecule has 0 aliphatic heterocycles. The first-order valence-corrected chi connectivity index (χ1v) is 8.29. The van der Waals surface area contributed by atoms with Gasteiger partial charge in [-0.2, -0.15) is 0 Å². The van der Waals surface area contributed by atoms with Crippen molar-refractivity contribution in [1.29, 1.82) is 0 Å². The van der Waals surface area contributed by atoms with Crippen LogP contribution in [-0.4, -0.2) is 30.3 Å². The summed E-state index contributed by atoms with van der Waals surface area (Å²) in [5.74, 6) is 1.23. The summed E-state index contributed by atoms with van der Waals surface area (Å²) in [5.41, 5.74) is 1.14. The molecule has 1 aliphatic carbocycles. The number of carbonyl (C=O) groups is 1. The van der Waals surface area contributed by atoms with Gasteiger partial charge in [-0.1, -0.05) is 37.3 Å². The highest BCUT2D eigenvalue weighted by molar-refractivity contribution is 5.88. The van der Waals surface area contributed by atoms with Crippen LogP contribution in [0.4, 0.5) is 0 Å². The molecule has 0 bridgehead atoms. The Kier molecular flexibility index (Phi) is 5.58. The highest BCUT2D eigenvalue weighted by Crippen LogP contribution is 2.37. The largest absolute Gasteiger partial charge is 0.298 e. The van der Waals surface area contributed by atoms with Crippen LogP contribution in [0.2, 0.25) is 0 Å². The average Bonchev–Trinajstić information content (AvgIpc) is 2.49. The molecule has 21 heavy (non-hydrogen) atoms. The fourth-order valence-corrected chi connectivity index (χ4v) is 3.55. The van der Waals surface area contributed by atoms with Crippen LogP contribution in [0.25, 0.3) is 0 Å². The highest BCUT2D eigenvalue weighted by Gasteiger charge is 2.41. The number of carbonyl (C=O) groups excluding carboxylic acids is 1. The lowest BCUT2D eigenvalue weighted by molar-refractivity contribution is -0.132. The van der Waals surface area contributed by atoms with Crippen LogP contribution >= 0.6 is 0 Å². The van der Waals surface area contributed by atoms with Crippen molar-refractivity contribution in [3.8, 4) is 0 Å². The maximum atomic E-state index is 12.8. The lowest BCUT2D eigenvalue weighted by atomic mass is 9.73. The number of benzene rings is 1. The summed E-state index contributed by atoms with van der Waals surface area (Å²) in [7, 11) is 4.15. The van der Waals surface area contributed by atoms with Gasteiger partial charge < -0.3 is 0 Å². The Hall–Kier alpha value is -1.15. The van der Waals surface area contributed by atoms with E-state index in [0.29, 0.717) is 12.2 Å². The zero-order valence-electron chi connectivity index (χ0n) is 13.8. The summed E-state index contributed by atoms with van der Waals surface area (Å²) < 4.78 is 0. The monoisotopic (exact) mass is 287 g/mol. The van der Waals surface area contributed by atoms with Gasteiger partial charge in [0.2, 0.25) is 0 Å². The quantitative estimate of drug-likeness (QED) is 0.785. The smallest absolute Gasteiger partial charge is 0.153 e. The van der Waals surface area contributed by atoms with Gasteiger partial charge >= 0.3 is 0 Å². The predicted molar refractivity (Wildman–Crippen MR) is 88.4 cm³/mol. The van der Waals surface area contributed by atoms with E-state index in [1.54, 1.807) is 0 Å². The Morgan fingerprint density at radius 1 is 1.19 bits per heavy atom. The molecule has 0 spiro atoms. The molecule has 2 heteroatoms. The topological polar surface area (TPSA) is 20.3 Å². The third-order valence-electron chi connectivity index (χ3n) is 5.19. The van der Waals surface area contributed by atoms with Gasteiger partial charge in [0.25, 0.3) is 0 Å². The SMILES string of the molecule is CC1CCC(C(=O)CCCc2ccccc2)(N(C)C)CC1. The fraction of sp³-hybridized carbons (Fsp3) is 0.632. The first kappa shape index (κ1) is 16.2. The second-order valence-electron chi connectivity index (χ2n) is 6.87. The van der Waals surface area contributed by atoms with Crippen molar-refractivity contribution in [2.75, 3.05) is 14.1 Å². The molecular formula is C19H29NO. The van der Waals surface area contributed by atoms with Crippen LogP contribution in [0.5, 0.6) is 0 Å². The predicted octanol–water partition coefficient (Wildman–Crippen LogP) is 4.09. The zero-order valence-corrected chi connectivity index (χ0v) is 13.8. The molecule has 1 fully saturated rings.